The summed E-state index contributed by atoms with van der Waals surface area (Å²) in [7, 11) is 1.56. The molecule has 0 spiro atoms. The second-order valence-electron chi connectivity index (χ2n) is 6.19. The number of benzene rings is 2. The molecule has 0 fully saturated rings. The third-order valence-corrected chi connectivity index (χ3v) is 5.23. The van der Waals surface area contributed by atoms with Gasteiger partial charge in [-0.25, -0.2) is 9.82 Å². The van der Waals surface area contributed by atoms with E-state index in [1.165, 1.54) is 12.1 Å². The van der Waals surface area contributed by atoms with Crippen LogP contribution in [-0.2, 0) is 0 Å². The maximum Gasteiger partial charge on any atom is 0.271 e. The Balaban J connectivity index is 1.77. The van der Waals surface area contributed by atoms with E-state index in [0.717, 1.165) is 26.2 Å². The molecule has 0 unspecified atom stereocenters. The third-order valence-electron chi connectivity index (χ3n) is 4.34. The van der Waals surface area contributed by atoms with Crippen LogP contribution < -0.4 is 10.2 Å². The Morgan fingerprint density at radius 1 is 1.18 bits per heavy atom. The SMILES string of the molecule is COc1cc(C(=O)N/N=C\c2cc(C)n(-c3ccc(F)cc3)c2C)ccc1I. The first-order valence-electron chi connectivity index (χ1n) is 8.52. The Bertz CT molecular complexity index is 1040. The largest absolute Gasteiger partial charge is 0.496 e. The molecule has 1 amide bonds. The van der Waals surface area contributed by atoms with Crippen molar-refractivity contribution in [1.29, 1.82) is 0 Å². The minimum absolute atomic E-state index is 0.275. The standard InChI is InChI=1S/C21H19FIN3O2/c1-13-10-16(14(2)26(13)18-7-5-17(22)6-8-18)12-24-25-21(27)15-4-9-19(23)20(11-15)28-3/h4-12H,1-3H3,(H,25,27)/b24-12-. The summed E-state index contributed by atoms with van der Waals surface area (Å²) in [4.78, 5) is 12.3. The quantitative estimate of drug-likeness (QED) is 0.322. The molecule has 7 heteroatoms. The number of carbonyl (C=O) groups is 1. The van der Waals surface area contributed by atoms with E-state index in [-0.39, 0.29) is 11.7 Å². The van der Waals surface area contributed by atoms with Crippen LogP contribution in [0.5, 0.6) is 5.75 Å². The van der Waals surface area contributed by atoms with E-state index in [1.54, 1.807) is 37.6 Å². The first-order chi connectivity index (χ1) is 13.4. The van der Waals surface area contributed by atoms with Gasteiger partial charge in [0.1, 0.15) is 11.6 Å². The van der Waals surface area contributed by atoms with Crippen LogP contribution in [0.25, 0.3) is 5.69 Å². The number of nitrogens with zero attached hydrogens (tertiary/aromatic N) is 2. The number of ether oxygens (including phenoxy) is 1. The Labute approximate surface area is 176 Å². The van der Waals surface area contributed by atoms with E-state index < -0.39 is 0 Å². The number of methoxy groups -OCH3 is 1. The maximum absolute atomic E-state index is 13.2. The fraction of sp³-hybridized carbons (Fsp3) is 0.143. The molecule has 0 saturated heterocycles. The first-order valence-corrected chi connectivity index (χ1v) is 9.60. The molecular formula is C21H19FIN3O2. The Hall–Kier alpha value is -2.68. The number of aromatic nitrogens is 1. The highest BCUT2D eigenvalue weighted by Crippen LogP contribution is 2.22. The lowest BCUT2D eigenvalue weighted by Crippen LogP contribution is -2.17. The van der Waals surface area contributed by atoms with Gasteiger partial charge < -0.3 is 9.30 Å². The summed E-state index contributed by atoms with van der Waals surface area (Å²) in [6, 6.07) is 13.5. The fourth-order valence-electron chi connectivity index (χ4n) is 2.93. The molecule has 0 radical (unpaired) electrons. The number of carbonyl (C=O) groups excluding carboxylic acids is 1. The van der Waals surface area contributed by atoms with Crippen LogP contribution >= 0.6 is 22.6 Å². The highest BCUT2D eigenvalue weighted by molar-refractivity contribution is 14.1. The van der Waals surface area contributed by atoms with Crippen LogP contribution in [0.3, 0.4) is 0 Å². The zero-order valence-corrected chi connectivity index (χ0v) is 17.8. The van der Waals surface area contributed by atoms with Crippen molar-refractivity contribution in [3.8, 4) is 11.4 Å². The molecule has 3 rings (SSSR count). The monoisotopic (exact) mass is 491 g/mol. The molecule has 3 aromatic rings. The van der Waals surface area contributed by atoms with Gasteiger partial charge in [0.2, 0.25) is 0 Å². The number of nitrogens with one attached hydrogen (secondary N) is 1. The molecule has 1 heterocycles. The van der Waals surface area contributed by atoms with E-state index in [4.69, 9.17) is 4.74 Å². The second kappa shape index (κ2) is 8.55. The average Bonchev–Trinajstić information content (AvgIpc) is 2.96. The number of rotatable bonds is 5. The van der Waals surface area contributed by atoms with E-state index in [0.29, 0.717) is 11.3 Å². The third kappa shape index (κ3) is 4.24. The molecule has 0 bridgehead atoms. The van der Waals surface area contributed by atoms with Gasteiger partial charge >= 0.3 is 0 Å². The molecule has 144 valence electrons. The van der Waals surface area contributed by atoms with Gasteiger partial charge in [-0.05, 0) is 85.0 Å². The van der Waals surface area contributed by atoms with Crippen molar-refractivity contribution in [2.75, 3.05) is 7.11 Å². The predicted octanol–water partition coefficient (Wildman–Crippen LogP) is 4.61. The average molecular weight is 491 g/mol. The molecule has 0 saturated carbocycles. The lowest BCUT2D eigenvalue weighted by Gasteiger charge is -2.09. The summed E-state index contributed by atoms with van der Waals surface area (Å²) in [5, 5.41) is 4.08. The zero-order chi connectivity index (χ0) is 20.3. The van der Waals surface area contributed by atoms with Crippen LogP contribution in [0, 0.1) is 23.2 Å². The first kappa shape index (κ1) is 20.1. The second-order valence-corrected chi connectivity index (χ2v) is 7.35. The minimum Gasteiger partial charge on any atom is -0.496 e. The van der Waals surface area contributed by atoms with Crippen LogP contribution in [-0.4, -0.2) is 23.8 Å². The molecular weight excluding hydrogens is 472 g/mol. The topological polar surface area (TPSA) is 55.6 Å². The van der Waals surface area contributed by atoms with E-state index >= 15 is 0 Å². The van der Waals surface area contributed by atoms with Crippen LogP contribution in [0.1, 0.15) is 27.3 Å². The van der Waals surface area contributed by atoms with Gasteiger partial charge in [-0.2, -0.15) is 5.10 Å². The molecule has 0 aliphatic heterocycles. The molecule has 5 nitrogen and oxygen atoms in total. The molecule has 0 aliphatic rings. The van der Waals surface area contributed by atoms with Crippen molar-refractivity contribution in [2.24, 2.45) is 5.10 Å². The summed E-state index contributed by atoms with van der Waals surface area (Å²) in [5.41, 5.74) is 6.66. The fourth-order valence-corrected chi connectivity index (χ4v) is 3.49. The Kier molecular flexibility index (Phi) is 6.13. The van der Waals surface area contributed by atoms with Gasteiger partial charge in [-0.1, -0.05) is 0 Å². The summed E-state index contributed by atoms with van der Waals surface area (Å²) in [6.07, 6.45) is 1.60. The van der Waals surface area contributed by atoms with Gasteiger partial charge in [-0.3, -0.25) is 4.79 Å². The van der Waals surface area contributed by atoms with Crippen molar-refractivity contribution >= 4 is 34.7 Å². The summed E-state index contributed by atoms with van der Waals surface area (Å²) in [6.45, 7) is 3.91. The van der Waals surface area contributed by atoms with Gasteiger partial charge in [0.15, 0.2) is 0 Å². The number of hydrogen-bond donors (Lipinski definition) is 1. The van der Waals surface area contributed by atoms with E-state index in [2.05, 4.69) is 33.1 Å². The van der Waals surface area contributed by atoms with Crippen molar-refractivity contribution in [3.63, 3.8) is 0 Å². The number of halogens is 2. The summed E-state index contributed by atoms with van der Waals surface area (Å²) in [5.74, 6) is 0.0429. The van der Waals surface area contributed by atoms with Crippen LogP contribution in [0.2, 0.25) is 0 Å². The van der Waals surface area contributed by atoms with Gasteiger partial charge in [0, 0.05) is 28.2 Å². The van der Waals surface area contributed by atoms with Gasteiger partial charge in [0.25, 0.3) is 5.91 Å². The minimum atomic E-state index is -0.321. The van der Waals surface area contributed by atoms with Crippen molar-refractivity contribution in [3.05, 3.63) is 80.4 Å². The smallest absolute Gasteiger partial charge is 0.271 e. The lowest BCUT2D eigenvalue weighted by atomic mass is 10.2. The maximum atomic E-state index is 13.2. The van der Waals surface area contributed by atoms with Gasteiger partial charge in [-0.15, -0.1) is 0 Å². The van der Waals surface area contributed by atoms with E-state index in [9.17, 15) is 9.18 Å². The van der Waals surface area contributed by atoms with E-state index in [1.807, 2.05) is 30.5 Å². The van der Waals surface area contributed by atoms with Crippen LogP contribution in [0.15, 0.2) is 53.6 Å². The molecule has 1 N–H and O–H groups in total. The summed E-state index contributed by atoms with van der Waals surface area (Å²) >= 11 is 2.14. The molecule has 28 heavy (non-hydrogen) atoms. The van der Waals surface area contributed by atoms with Crippen LogP contribution in [0.4, 0.5) is 4.39 Å². The number of aryl methyl sites for hydroxylation is 1. The molecule has 1 aromatic heterocycles. The number of hydrazone groups is 1. The number of hydrogen-bond acceptors (Lipinski definition) is 3. The molecule has 2 aromatic carbocycles. The van der Waals surface area contributed by atoms with Gasteiger partial charge in [0.05, 0.1) is 16.9 Å². The Morgan fingerprint density at radius 3 is 2.57 bits per heavy atom. The van der Waals surface area contributed by atoms with Crippen molar-refractivity contribution in [1.82, 2.24) is 9.99 Å². The normalized spacial score (nSPS) is 11.0. The predicted molar refractivity (Wildman–Crippen MR) is 116 cm³/mol. The Morgan fingerprint density at radius 2 is 1.89 bits per heavy atom. The van der Waals surface area contributed by atoms with Crippen molar-refractivity contribution < 1.29 is 13.9 Å². The molecule has 0 aliphatic carbocycles. The lowest BCUT2D eigenvalue weighted by molar-refractivity contribution is 0.0954. The summed E-state index contributed by atoms with van der Waals surface area (Å²) < 4.78 is 21.4. The molecule has 0 atom stereocenters. The zero-order valence-electron chi connectivity index (χ0n) is 15.7. The highest BCUT2D eigenvalue weighted by atomic mass is 127. The highest BCUT2D eigenvalue weighted by Gasteiger charge is 2.11. The number of amides is 1. The van der Waals surface area contributed by atoms with Crippen molar-refractivity contribution in [2.45, 2.75) is 13.8 Å².